The van der Waals surface area contributed by atoms with E-state index in [2.05, 4.69) is 38.2 Å². The van der Waals surface area contributed by atoms with E-state index in [0.29, 0.717) is 12.0 Å². The normalized spacial score (nSPS) is 12.8. The van der Waals surface area contributed by atoms with Crippen LogP contribution in [0.4, 0.5) is 0 Å². The Morgan fingerprint density at radius 3 is 2.19 bits per heavy atom. The number of benzene rings is 1. The highest BCUT2D eigenvalue weighted by atomic mass is 16.5. The smallest absolute Gasteiger partial charge is 0.119 e. The second-order valence-corrected chi connectivity index (χ2v) is 4.28. The predicted octanol–water partition coefficient (Wildman–Crippen LogP) is 3.39. The number of hydrogen-bond donors (Lipinski definition) is 1. The van der Waals surface area contributed by atoms with Gasteiger partial charge in [-0.05, 0) is 37.1 Å². The number of rotatable bonds is 6. The van der Waals surface area contributed by atoms with Crippen LogP contribution in [0.15, 0.2) is 24.3 Å². The molecule has 90 valence electrons. The van der Waals surface area contributed by atoms with E-state index in [-0.39, 0.29) is 0 Å². The standard InChI is InChI=1S/C14H23NO/c1-5-15-14(11(3)4)12-7-9-13(10-8-12)16-6-2/h7-11,14-15H,5-6H2,1-4H3. The van der Waals surface area contributed by atoms with Crippen molar-refractivity contribution >= 4 is 0 Å². The zero-order chi connectivity index (χ0) is 12.0. The lowest BCUT2D eigenvalue weighted by Crippen LogP contribution is -2.25. The van der Waals surface area contributed by atoms with Crippen molar-refractivity contribution in [3.63, 3.8) is 0 Å². The summed E-state index contributed by atoms with van der Waals surface area (Å²) < 4.78 is 5.44. The highest BCUT2D eigenvalue weighted by Crippen LogP contribution is 2.23. The fourth-order valence-corrected chi connectivity index (χ4v) is 1.90. The summed E-state index contributed by atoms with van der Waals surface area (Å²) in [4.78, 5) is 0. The second-order valence-electron chi connectivity index (χ2n) is 4.28. The van der Waals surface area contributed by atoms with Gasteiger partial charge in [0.05, 0.1) is 6.61 Å². The maximum Gasteiger partial charge on any atom is 0.119 e. The number of ether oxygens (including phenoxy) is 1. The average molecular weight is 221 g/mol. The molecule has 2 heteroatoms. The molecule has 16 heavy (non-hydrogen) atoms. The maximum atomic E-state index is 5.44. The molecule has 0 radical (unpaired) electrons. The summed E-state index contributed by atoms with van der Waals surface area (Å²) in [6.45, 7) is 10.3. The molecule has 0 spiro atoms. The van der Waals surface area contributed by atoms with Crippen molar-refractivity contribution in [2.75, 3.05) is 13.2 Å². The minimum Gasteiger partial charge on any atom is -0.494 e. The molecule has 0 aliphatic heterocycles. The SMILES string of the molecule is CCNC(c1ccc(OCC)cc1)C(C)C. The second kappa shape index (κ2) is 6.54. The molecule has 2 nitrogen and oxygen atoms in total. The van der Waals surface area contributed by atoms with Crippen LogP contribution < -0.4 is 10.1 Å². The first-order valence-electron chi connectivity index (χ1n) is 6.15. The summed E-state index contributed by atoms with van der Waals surface area (Å²) in [6, 6.07) is 8.83. The summed E-state index contributed by atoms with van der Waals surface area (Å²) >= 11 is 0. The summed E-state index contributed by atoms with van der Waals surface area (Å²) in [5.41, 5.74) is 1.33. The van der Waals surface area contributed by atoms with E-state index >= 15 is 0 Å². The Morgan fingerprint density at radius 2 is 1.75 bits per heavy atom. The van der Waals surface area contributed by atoms with E-state index in [1.807, 2.05) is 19.1 Å². The van der Waals surface area contributed by atoms with Crippen molar-refractivity contribution < 1.29 is 4.74 Å². The van der Waals surface area contributed by atoms with Crippen molar-refractivity contribution in [1.29, 1.82) is 0 Å². The summed E-state index contributed by atoms with van der Waals surface area (Å²) in [6.07, 6.45) is 0. The highest BCUT2D eigenvalue weighted by Gasteiger charge is 2.13. The van der Waals surface area contributed by atoms with Gasteiger partial charge in [0.1, 0.15) is 5.75 Å². The van der Waals surface area contributed by atoms with Crippen LogP contribution in [-0.2, 0) is 0 Å². The Labute approximate surface area is 99.0 Å². The summed E-state index contributed by atoms with van der Waals surface area (Å²) in [5.74, 6) is 1.54. The van der Waals surface area contributed by atoms with Gasteiger partial charge >= 0.3 is 0 Å². The Bertz CT molecular complexity index is 292. The Hall–Kier alpha value is -1.02. The van der Waals surface area contributed by atoms with E-state index in [4.69, 9.17) is 4.74 Å². The van der Waals surface area contributed by atoms with Crippen molar-refractivity contribution in [2.45, 2.75) is 33.7 Å². The summed E-state index contributed by atoms with van der Waals surface area (Å²) in [7, 11) is 0. The fraction of sp³-hybridized carbons (Fsp3) is 0.571. The number of hydrogen-bond acceptors (Lipinski definition) is 2. The van der Waals surface area contributed by atoms with Gasteiger partial charge in [0.2, 0.25) is 0 Å². The van der Waals surface area contributed by atoms with Crippen molar-refractivity contribution in [3.05, 3.63) is 29.8 Å². The van der Waals surface area contributed by atoms with Crippen molar-refractivity contribution in [1.82, 2.24) is 5.32 Å². The third kappa shape index (κ3) is 3.53. The molecule has 0 fully saturated rings. The van der Waals surface area contributed by atoms with E-state index < -0.39 is 0 Å². The van der Waals surface area contributed by atoms with Crippen molar-refractivity contribution in [3.8, 4) is 5.75 Å². The third-order valence-electron chi connectivity index (χ3n) is 2.64. The molecule has 1 atom stereocenters. The van der Waals surface area contributed by atoms with E-state index in [9.17, 15) is 0 Å². The van der Waals surface area contributed by atoms with Gasteiger partial charge in [-0.1, -0.05) is 32.9 Å². The molecular weight excluding hydrogens is 198 g/mol. The molecule has 0 bridgehead atoms. The van der Waals surface area contributed by atoms with Gasteiger partial charge < -0.3 is 10.1 Å². The first-order chi connectivity index (χ1) is 7.69. The zero-order valence-electron chi connectivity index (χ0n) is 10.8. The molecule has 0 aromatic heterocycles. The lowest BCUT2D eigenvalue weighted by Gasteiger charge is -2.22. The first-order valence-corrected chi connectivity index (χ1v) is 6.15. The quantitative estimate of drug-likeness (QED) is 0.795. The molecule has 0 aliphatic rings. The van der Waals surface area contributed by atoms with Gasteiger partial charge in [-0.3, -0.25) is 0 Å². The van der Waals surface area contributed by atoms with Gasteiger partial charge in [-0.25, -0.2) is 0 Å². The van der Waals surface area contributed by atoms with Crippen LogP contribution in [0.5, 0.6) is 5.75 Å². The van der Waals surface area contributed by atoms with Crippen LogP contribution in [0.25, 0.3) is 0 Å². The molecule has 1 N–H and O–H groups in total. The van der Waals surface area contributed by atoms with E-state index in [1.54, 1.807) is 0 Å². The molecule has 0 aliphatic carbocycles. The van der Waals surface area contributed by atoms with Crippen molar-refractivity contribution in [2.24, 2.45) is 5.92 Å². The monoisotopic (exact) mass is 221 g/mol. The molecule has 0 saturated heterocycles. The Morgan fingerprint density at radius 1 is 1.12 bits per heavy atom. The molecule has 0 saturated carbocycles. The Balaban J connectivity index is 2.77. The Kier molecular flexibility index (Phi) is 5.33. The molecule has 1 rings (SSSR count). The molecule has 0 amide bonds. The summed E-state index contributed by atoms with van der Waals surface area (Å²) in [5, 5.41) is 3.51. The molecule has 0 heterocycles. The molecule has 1 aromatic carbocycles. The van der Waals surface area contributed by atoms with Gasteiger partial charge in [-0.15, -0.1) is 0 Å². The molecular formula is C14H23NO. The zero-order valence-corrected chi connectivity index (χ0v) is 10.8. The van der Waals surface area contributed by atoms with Gasteiger partial charge in [0.25, 0.3) is 0 Å². The minimum atomic E-state index is 0.431. The first kappa shape index (κ1) is 13.0. The van der Waals surface area contributed by atoms with E-state index in [1.165, 1.54) is 5.56 Å². The van der Waals surface area contributed by atoms with Gasteiger partial charge in [0.15, 0.2) is 0 Å². The van der Waals surface area contributed by atoms with Crippen LogP contribution in [-0.4, -0.2) is 13.2 Å². The van der Waals surface area contributed by atoms with E-state index in [0.717, 1.165) is 18.9 Å². The fourth-order valence-electron chi connectivity index (χ4n) is 1.90. The van der Waals surface area contributed by atoms with Gasteiger partial charge in [-0.2, -0.15) is 0 Å². The van der Waals surface area contributed by atoms with Crippen LogP contribution in [0.2, 0.25) is 0 Å². The van der Waals surface area contributed by atoms with Crippen LogP contribution in [0.1, 0.15) is 39.3 Å². The average Bonchev–Trinajstić information content (AvgIpc) is 2.27. The lowest BCUT2D eigenvalue weighted by atomic mass is 9.96. The number of nitrogens with one attached hydrogen (secondary N) is 1. The predicted molar refractivity (Wildman–Crippen MR) is 68.9 cm³/mol. The van der Waals surface area contributed by atoms with Gasteiger partial charge in [0, 0.05) is 6.04 Å². The molecule has 1 unspecified atom stereocenters. The third-order valence-corrected chi connectivity index (χ3v) is 2.64. The van der Waals surface area contributed by atoms with Crippen LogP contribution in [0, 0.1) is 5.92 Å². The maximum absolute atomic E-state index is 5.44. The topological polar surface area (TPSA) is 21.3 Å². The molecule has 1 aromatic rings. The highest BCUT2D eigenvalue weighted by molar-refractivity contribution is 5.29. The lowest BCUT2D eigenvalue weighted by molar-refractivity contribution is 0.339. The van der Waals surface area contributed by atoms with Crippen LogP contribution >= 0.6 is 0 Å². The largest absolute Gasteiger partial charge is 0.494 e. The minimum absolute atomic E-state index is 0.431. The van der Waals surface area contributed by atoms with Crippen LogP contribution in [0.3, 0.4) is 0 Å².